The predicted molar refractivity (Wildman–Crippen MR) is 75.9 cm³/mol. The van der Waals surface area contributed by atoms with Gasteiger partial charge in [0.1, 0.15) is 0 Å². The van der Waals surface area contributed by atoms with Gasteiger partial charge in [-0.05, 0) is 44.4 Å². The topological polar surface area (TPSA) is 29.9 Å². The first-order chi connectivity index (χ1) is 8.47. The molecular weight excluding hydrogens is 222 g/mol. The minimum atomic E-state index is 0.284. The smallest absolute Gasteiger partial charge is 0.0825 e. The molecule has 0 aliphatic heterocycles. The van der Waals surface area contributed by atoms with Crippen LogP contribution in [0.3, 0.4) is 0 Å². The normalized spacial score (nSPS) is 12.5. The lowest BCUT2D eigenvalue weighted by molar-refractivity contribution is 0.756. The fourth-order valence-electron chi connectivity index (χ4n) is 2.09. The molecule has 1 unspecified atom stereocenters. The van der Waals surface area contributed by atoms with E-state index in [1.54, 1.807) is 0 Å². The van der Waals surface area contributed by atoms with Gasteiger partial charge in [0.05, 0.1) is 11.4 Å². The van der Waals surface area contributed by atoms with Gasteiger partial charge in [0.2, 0.25) is 0 Å². The number of nitrogens with one attached hydrogen (secondary N) is 1. The van der Waals surface area contributed by atoms with E-state index in [9.17, 15) is 0 Å². The Labute approximate surface area is 109 Å². The molecule has 1 N–H and O–H groups in total. The van der Waals surface area contributed by atoms with Crippen molar-refractivity contribution in [2.45, 2.75) is 33.7 Å². The fraction of sp³-hybridized carbons (Fsp3) is 0.400. The number of aromatic nitrogens is 2. The zero-order chi connectivity index (χ0) is 13.3. The molecule has 0 amide bonds. The van der Waals surface area contributed by atoms with Crippen LogP contribution in [-0.4, -0.2) is 9.78 Å². The van der Waals surface area contributed by atoms with Crippen LogP contribution in [0.1, 0.15) is 35.3 Å². The molecular formula is C15H21N3. The van der Waals surface area contributed by atoms with Gasteiger partial charge in [-0.25, -0.2) is 0 Å². The van der Waals surface area contributed by atoms with Crippen molar-refractivity contribution in [3.63, 3.8) is 0 Å². The Bertz CT molecular complexity index is 555. The highest BCUT2D eigenvalue weighted by atomic mass is 15.3. The molecule has 1 heterocycles. The third-order valence-electron chi connectivity index (χ3n) is 3.42. The van der Waals surface area contributed by atoms with Crippen molar-refractivity contribution in [3.8, 4) is 0 Å². The molecule has 3 nitrogen and oxygen atoms in total. The van der Waals surface area contributed by atoms with Crippen LogP contribution < -0.4 is 5.32 Å². The van der Waals surface area contributed by atoms with Gasteiger partial charge in [0.15, 0.2) is 0 Å². The molecule has 1 atom stereocenters. The van der Waals surface area contributed by atoms with Gasteiger partial charge in [-0.1, -0.05) is 18.2 Å². The highest BCUT2D eigenvalue weighted by molar-refractivity contribution is 5.48. The van der Waals surface area contributed by atoms with E-state index >= 15 is 0 Å². The number of rotatable bonds is 3. The van der Waals surface area contributed by atoms with Crippen LogP contribution in [0.4, 0.5) is 5.69 Å². The molecule has 2 rings (SSSR count). The lowest BCUT2D eigenvalue weighted by atomic mass is 10.0. The summed E-state index contributed by atoms with van der Waals surface area (Å²) in [6, 6.07) is 6.90. The molecule has 0 bridgehead atoms. The second kappa shape index (κ2) is 4.84. The minimum absolute atomic E-state index is 0.284. The first kappa shape index (κ1) is 12.7. The van der Waals surface area contributed by atoms with E-state index in [0.717, 1.165) is 11.4 Å². The van der Waals surface area contributed by atoms with E-state index in [1.165, 1.54) is 16.7 Å². The van der Waals surface area contributed by atoms with Crippen molar-refractivity contribution in [1.29, 1.82) is 0 Å². The van der Waals surface area contributed by atoms with E-state index in [0.29, 0.717) is 0 Å². The largest absolute Gasteiger partial charge is 0.376 e. The highest BCUT2D eigenvalue weighted by Gasteiger charge is 2.09. The van der Waals surface area contributed by atoms with Gasteiger partial charge < -0.3 is 5.32 Å². The third-order valence-corrected chi connectivity index (χ3v) is 3.42. The zero-order valence-corrected chi connectivity index (χ0v) is 11.8. The molecule has 3 heteroatoms. The quantitative estimate of drug-likeness (QED) is 0.894. The van der Waals surface area contributed by atoms with Gasteiger partial charge in [-0.15, -0.1) is 0 Å². The molecule has 96 valence electrons. The summed E-state index contributed by atoms with van der Waals surface area (Å²) in [5, 5.41) is 7.85. The Kier molecular flexibility index (Phi) is 3.41. The van der Waals surface area contributed by atoms with Crippen LogP contribution in [-0.2, 0) is 7.05 Å². The molecule has 0 fully saturated rings. The number of hydrogen-bond donors (Lipinski definition) is 1. The lowest BCUT2D eigenvalue weighted by Gasteiger charge is -2.16. The molecule has 1 aromatic carbocycles. The number of nitrogens with zero attached hydrogens (tertiary/aromatic N) is 2. The van der Waals surface area contributed by atoms with Crippen LogP contribution in [0.25, 0.3) is 0 Å². The molecule has 2 aromatic rings. The number of anilines is 1. The van der Waals surface area contributed by atoms with Crippen molar-refractivity contribution in [2.75, 3.05) is 5.32 Å². The first-order valence-electron chi connectivity index (χ1n) is 6.31. The Morgan fingerprint density at radius 3 is 2.44 bits per heavy atom. The minimum Gasteiger partial charge on any atom is -0.376 e. The van der Waals surface area contributed by atoms with Crippen LogP contribution in [0.2, 0.25) is 0 Å². The third kappa shape index (κ3) is 2.55. The summed E-state index contributed by atoms with van der Waals surface area (Å²) >= 11 is 0. The van der Waals surface area contributed by atoms with Crippen molar-refractivity contribution in [3.05, 3.63) is 46.8 Å². The van der Waals surface area contributed by atoms with Crippen molar-refractivity contribution in [1.82, 2.24) is 9.78 Å². The van der Waals surface area contributed by atoms with Crippen molar-refractivity contribution in [2.24, 2.45) is 7.05 Å². The standard InChI is InChI=1S/C15H21N3/c1-10-6-7-14(8-11(10)2)12(3)16-15-9-18(5)17-13(15)4/h6-9,12,16H,1-5H3. The Morgan fingerprint density at radius 2 is 1.89 bits per heavy atom. The average molecular weight is 243 g/mol. The van der Waals surface area contributed by atoms with E-state index in [-0.39, 0.29) is 6.04 Å². The average Bonchev–Trinajstić information content (AvgIpc) is 2.61. The molecule has 1 aromatic heterocycles. The summed E-state index contributed by atoms with van der Waals surface area (Å²) in [5.41, 5.74) is 6.12. The molecule has 0 saturated heterocycles. The summed E-state index contributed by atoms with van der Waals surface area (Å²) in [6.07, 6.45) is 2.02. The van der Waals surface area contributed by atoms with Gasteiger partial charge >= 0.3 is 0 Å². The summed E-state index contributed by atoms with van der Waals surface area (Å²) in [5.74, 6) is 0. The molecule has 0 radical (unpaired) electrons. The maximum absolute atomic E-state index is 4.34. The van der Waals surface area contributed by atoms with Crippen LogP contribution in [0.15, 0.2) is 24.4 Å². The molecule has 0 aliphatic rings. The van der Waals surface area contributed by atoms with Crippen LogP contribution >= 0.6 is 0 Å². The second-order valence-electron chi connectivity index (χ2n) is 5.01. The van der Waals surface area contributed by atoms with E-state index in [2.05, 4.69) is 49.4 Å². The van der Waals surface area contributed by atoms with E-state index in [4.69, 9.17) is 0 Å². The maximum atomic E-state index is 4.34. The molecule has 0 spiro atoms. The van der Waals surface area contributed by atoms with E-state index in [1.807, 2.05) is 24.9 Å². The predicted octanol–water partition coefficient (Wildman–Crippen LogP) is 3.52. The summed E-state index contributed by atoms with van der Waals surface area (Å²) in [6.45, 7) is 8.50. The number of benzene rings is 1. The molecule has 0 saturated carbocycles. The van der Waals surface area contributed by atoms with Gasteiger partial charge in [-0.2, -0.15) is 5.10 Å². The highest BCUT2D eigenvalue weighted by Crippen LogP contribution is 2.22. The van der Waals surface area contributed by atoms with Crippen LogP contribution in [0, 0.1) is 20.8 Å². The van der Waals surface area contributed by atoms with Gasteiger partial charge in [0, 0.05) is 19.3 Å². The van der Waals surface area contributed by atoms with Gasteiger partial charge in [0.25, 0.3) is 0 Å². The summed E-state index contributed by atoms with van der Waals surface area (Å²) < 4.78 is 1.84. The van der Waals surface area contributed by atoms with Crippen molar-refractivity contribution >= 4 is 5.69 Å². The SMILES string of the molecule is Cc1ccc(C(C)Nc2cn(C)nc2C)cc1C. The Hall–Kier alpha value is -1.77. The summed E-state index contributed by atoms with van der Waals surface area (Å²) in [4.78, 5) is 0. The second-order valence-corrected chi connectivity index (χ2v) is 5.01. The van der Waals surface area contributed by atoms with E-state index < -0.39 is 0 Å². The maximum Gasteiger partial charge on any atom is 0.0825 e. The number of aryl methyl sites for hydroxylation is 4. The lowest BCUT2D eigenvalue weighted by Crippen LogP contribution is -2.07. The number of hydrogen-bond acceptors (Lipinski definition) is 2. The summed E-state index contributed by atoms with van der Waals surface area (Å²) in [7, 11) is 1.94. The monoisotopic (exact) mass is 243 g/mol. The molecule has 0 aliphatic carbocycles. The van der Waals surface area contributed by atoms with Crippen LogP contribution in [0.5, 0.6) is 0 Å². The zero-order valence-electron chi connectivity index (χ0n) is 11.8. The fourth-order valence-corrected chi connectivity index (χ4v) is 2.09. The first-order valence-corrected chi connectivity index (χ1v) is 6.31. The Morgan fingerprint density at radius 1 is 1.17 bits per heavy atom. The Balaban J connectivity index is 2.19. The molecule has 18 heavy (non-hydrogen) atoms. The van der Waals surface area contributed by atoms with Gasteiger partial charge in [-0.3, -0.25) is 4.68 Å². The van der Waals surface area contributed by atoms with Crippen molar-refractivity contribution < 1.29 is 0 Å².